The molecule has 6 nitrogen and oxygen atoms in total. The van der Waals surface area contributed by atoms with Gasteiger partial charge in [0.15, 0.2) is 16.9 Å². The second kappa shape index (κ2) is 7.65. The third kappa shape index (κ3) is 3.22. The van der Waals surface area contributed by atoms with Crippen molar-refractivity contribution in [2.24, 2.45) is 0 Å². The van der Waals surface area contributed by atoms with Crippen molar-refractivity contribution in [3.05, 3.63) is 99.8 Å². The number of carbonyl (C=O) groups is 1. The number of para-hydroxylation sites is 2. The van der Waals surface area contributed by atoms with Crippen LogP contribution in [0.2, 0.25) is 0 Å². The second-order valence-electron chi connectivity index (χ2n) is 7.20. The summed E-state index contributed by atoms with van der Waals surface area (Å²) in [6, 6.07) is 22.3. The van der Waals surface area contributed by atoms with E-state index < -0.39 is 5.97 Å². The molecule has 0 fully saturated rings. The molecule has 4 aromatic rings. The number of esters is 1. The Morgan fingerprint density at radius 3 is 2.52 bits per heavy atom. The van der Waals surface area contributed by atoms with Gasteiger partial charge >= 0.3 is 5.97 Å². The van der Waals surface area contributed by atoms with Gasteiger partial charge in [0, 0.05) is 23.1 Å². The molecular formula is C25H19NO5. The average molecular weight is 413 g/mol. The summed E-state index contributed by atoms with van der Waals surface area (Å²) < 4.78 is 17.8. The molecule has 0 atom stereocenters. The largest absolute Gasteiger partial charge is 0.464 e. The highest BCUT2D eigenvalue weighted by Crippen LogP contribution is 2.33. The fourth-order valence-electron chi connectivity index (χ4n) is 3.96. The first-order chi connectivity index (χ1) is 15.2. The fourth-order valence-corrected chi connectivity index (χ4v) is 3.96. The minimum absolute atomic E-state index is 0.170. The van der Waals surface area contributed by atoms with Gasteiger partial charge in [-0.1, -0.05) is 36.4 Å². The van der Waals surface area contributed by atoms with E-state index in [1.807, 2.05) is 66.7 Å². The number of nitrogens with zero attached hydrogens (tertiary/aromatic N) is 1. The molecule has 2 heterocycles. The van der Waals surface area contributed by atoms with E-state index in [4.69, 9.17) is 14.2 Å². The van der Waals surface area contributed by atoms with E-state index in [-0.39, 0.29) is 24.3 Å². The smallest absolute Gasteiger partial charge is 0.355 e. The molecule has 1 aromatic heterocycles. The Labute approximate surface area is 178 Å². The minimum Gasteiger partial charge on any atom is -0.464 e. The standard InChI is InChI=1S/C25H19NO5/c1-29-25(28)23-19(13-16-11-12-21-22(14-16)31-15-30-21)24(27)18-9-5-6-10-20(18)26(23)17-7-3-2-4-8-17/h2-12,14H,13,15H2,1H3. The topological polar surface area (TPSA) is 66.8 Å². The molecule has 5 rings (SSSR count). The molecule has 154 valence electrons. The number of hydrogen-bond acceptors (Lipinski definition) is 5. The summed E-state index contributed by atoms with van der Waals surface area (Å²) in [7, 11) is 1.32. The first kappa shape index (κ1) is 18.9. The first-order valence-electron chi connectivity index (χ1n) is 9.86. The van der Waals surface area contributed by atoms with Crippen LogP contribution in [0.15, 0.2) is 77.6 Å². The van der Waals surface area contributed by atoms with E-state index in [0.29, 0.717) is 28.0 Å². The van der Waals surface area contributed by atoms with Crippen LogP contribution in [-0.2, 0) is 11.2 Å². The molecule has 0 bridgehead atoms. The van der Waals surface area contributed by atoms with Crippen LogP contribution in [0.1, 0.15) is 21.6 Å². The zero-order valence-electron chi connectivity index (χ0n) is 16.8. The highest BCUT2D eigenvalue weighted by molar-refractivity contribution is 5.95. The van der Waals surface area contributed by atoms with Crippen LogP contribution in [0.5, 0.6) is 11.5 Å². The van der Waals surface area contributed by atoms with Gasteiger partial charge in [-0.25, -0.2) is 4.79 Å². The van der Waals surface area contributed by atoms with Crippen LogP contribution < -0.4 is 14.9 Å². The molecule has 0 amide bonds. The Bertz CT molecular complexity index is 1360. The Morgan fingerprint density at radius 1 is 0.968 bits per heavy atom. The van der Waals surface area contributed by atoms with Crippen molar-refractivity contribution in [3.63, 3.8) is 0 Å². The number of fused-ring (bicyclic) bond motifs is 2. The number of carbonyl (C=O) groups excluding carboxylic acids is 1. The molecule has 0 saturated heterocycles. The minimum atomic E-state index is -0.567. The van der Waals surface area contributed by atoms with Gasteiger partial charge in [0.25, 0.3) is 0 Å². The third-order valence-corrected chi connectivity index (χ3v) is 5.38. The maximum atomic E-state index is 13.5. The van der Waals surface area contributed by atoms with Crippen LogP contribution in [0.25, 0.3) is 16.6 Å². The zero-order chi connectivity index (χ0) is 21.4. The number of pyridine rings is 1. The van der Waals surface area contributed by atoms with Gasteiger partial charge < -0.3 is 18.8 Å². The summed E-state index contributed by atoms with van der Waals surface area (Å²) in [6.45, 7) is 0.170. The summed E-state index contributed by atoms with van der Waals surface area (Å²) in [6.07, 6.45) is 0.248. The number of methoxy groups -OCH3 is 1. The molecule has 0 aliphatic carbocycles. The average Bonchev–Trinajstić information content (AvgIpc) is 3.28. The molecule has 1 aliphatic rings. The lowest BCUT2D eigenvalue weighted by Crippen LogP contribution is -2.24. The van der Waals surface area contributed by atoms with E-state index >= 15 is 0 Å². The highest BCUT2D eigenvalue weighted by Gasteiger charge is 2.24. The van der Waals surface area contributed by atoms with E-state index in [0.717, 1.165) is 11.3 Å². The zero-order valence-corrected chi connectivity index (χ0v) is 16.8. The number of hydrogen-bond donors (Lipinski definition) is 0. The molecule has 0 spiro atoms. The molecule has 3 aromatic carbocycles. The fraction of sp³-hybridized carbons (Fsp3) is 0.120. The van der Waals surface area contributed by atoms with Crippen LogP contribution >= 0.6 is 0 Å². The SMILES string of the molecule is COC(=O)c1c(Cc2ccc3c(c2)OCO3)c(=O)c2ccccc2n1-c1ccccc1. The van der Waals surface area contributed by atoms with Gasteiger partial charge in [-0.3, -0.25) is 4.79 Å². The predicted molar refractivity (Wildman–Crippen MR) is 116 cm³/mol. The molecule has 6 heteroatoms. The third-order valence-electron chi connectivity index (χ3n) is 5.38. The molecular weight excluding hydrogens is 394 g/mol. The van der Waals surface area contributed by atoms with E-state index in [2.05, 4.69) is 0 Å². The van der Waals surface area contributed by atoms with E-state index in [9.17, 15) is 9.59 Å². The molecule has 0 N–H and O–H groups in total. The number of ether oxygens (including phenoxy) is 3. The van der Waals surface area contributed by atoms with Crippen molar-refractivity contribution in [1.29, 1.82) is 0 Å². The van der Waals surface area contributed by atoms with Crippen molar-refractivity contribution in [2.75, 3.05) is 13.9 Å². The van der Waals surface area contributed by atoms with Crippen molar-refractivity contribution in [1.82, 2.24) is 4.57 Å². The normalized spacial score (nSPS) is 12.2. The van der Waals surface area contributed by atoms with Crippen molar-refractivity contribution >= 4 is 16.9 Å². The maximum Gasteiger partial charge on any atom is 0.355 e. The summed E-state index contributed by atoms with van der Waals surface area (Å²) in [5, 5.41) is 0.537. The van der Waals surface area contributed by atoms with Crippen LogP contribution in [-0.4, -0.2) is 24.4 Å². The quantitative estimate of drug-likeness (QED) is 0.472. The van der Waals surface area contributed by atoms with Crippen molar-refractivity contribution < 1.29 is 19.0 Å². The first-order valence-corrected chi connectivity index (χ1v) is 9.86. The Morgan fingerprint density at radius 2 is 1.71 bits per heavy atom. The van der Waals surface area contributed by atoms with Gasteiger partial charge in [-0.2, -0.15) is 0 Å². The highest BCUT2D eigenvalue weighted by atomic mass is 16.7. The number of aromatic nitrogens is 1. The van der Waals surface area contributed by atoms with Gasteiger partial charge in [-0.05, 0) is 42.0 Å². The van der Waals surface area contributed by atoms with E-state index in [1.165, 1.54) is 7.11 Å². The lowest BCUT2D eigenvalue weighted by atomic mass is 9.99. The molecule has 0 radical (unpaired) electrons. The van der Waals surface area contributed by atoms with Gasteiger partial charge in [0.1, 0.15) is 5.69 Å². The number of benzene rings is 3. The van der Waals surface area contributed by atoms with Gasteiger partial charge in [0.2, 0.25) is 6.79 Å². The van der Waals surface area contributed by atoms with Crippen LogP contribution in [0.4, 0.5) is 0 Å². The summed E-state index contributed by atoms with van der Waals surface area (Å²) in [5.41, 5.74) is 2.64. The molecule has 1 aliphatic heterocycles. The van der Waals surface area contributed by atoms with E-state index in [1.54, 1.807) is 10.6 Å². The Balaban J connectivity index is 1.80. The number of rotatable bonds is 4. The van der Waals surface area contributed by atoms with Crippen molar-refractivity contribution in [3.8, 4) is 17.2 Å². The summed E-state index contributed by atoms with van der Waals surface area (Å²) in [4.78, 5) is 26.5. The summed E-state index contributed by atoms with van der Waals surface area (Å²) in [5.74, 6) is 0.723. The molecule has 0 unspecified atom stereocenters. The van der Waals surface area contributed by atoms with Crippen LogP contribution in [0.3, 0.4) is 0 Å². The lowest BCUT2D eigenvalue weighted by Gasteiger charge is -2.19. The van der Waals surface area contributed by atoms with Gasteiger partial charge in [0.05, 0.1) is 12.6 Å². The molecule has 31 heavy (non-hydrogen) atoms. The van der Waals surface area contributed by atoms with Crippen LogP contribution in [0, 0.1) is 0 Å². The van der Waals surface area contributed by atoms with Gasteiger partial charge in [-0.15, -0.1) is 0 Å². The monoisotopic (exact) mass is 413 g/mol. The lowest BCUT2D eigenvalue weighted by molar-refractivity contribution is 0.0590. The van der Waals surface area contributed by atoms with Crippen molar-refractivity contribution in [2.45, 2.75) is 6.42 Å². The summed E-state index contributed by atoms with van der Waals surface area (Å²) >= 11 is 0. The Kier molecular flexibility index (Phi) is 4.67. The maximum absolute atomic E-state index is 13.5. The predicted octanol–water partition coefficient (Wildman–Crippen LogP) is 4.10. The molecule has 0 saturated carbocycles. The second-order valence-corrected chi connectivity index (χ2v) is 7.20. The Hall–Kier alpha value is -4.06.